The van der Waals surface area contributed by atoms with Gasteiger partial charge in [0.15, 0.2) is 0 Å². The fourth-order valence-corrected chi connectivity index (χ4v) is 7.79. The molecule has 1 spiro atoms. The van der Waals surface area contributed by atoms with Gasteiger partial charge in [-0.15, -0.1) is 0 Å². The molecule has 1 heterocycles. The van der Waals surface area contributed by atoms with Gasteiger partial charge < -0.3 is 0 Å². The molecule has 4 aliphatic rings. The van der Waals surface area contributed by atoms with E-state index < -0.39 is 27.6 Å². The van der Waals surface area contributed by atoms with E-state index in [4.69, 9.17) is 0 Å². The number of benzene rings is 2. The van der Waals surface area contributed by atoms with Crippen LogP contribution in [0.4, 0.5) is 17.6 Å². The second-order valence-electron chi connectivity index (χ2n) is 10.5. The summed E-state index contributed by atoms with van der Waals surface area (Å²) >= 11 is 0. The Kier molecular flexibility index (Phi) is 4.81. The van der Waals surface area contributed by atoms with Crippen molar-refractivity contribution in [2.45, 2.75) is 56.4 Å². The van der Waals surface area contributed by atoms with Crippen LogP contribution in [-0.2, 0) is 35.6 Å². The van der Waals surface area contributed by atoms with Crippen LogP contribution in [0.3, 0.4) is 0 Å². The summed E-state index contributed by atoms with van der Waals surface area (Å²) in [6.45, 7) is -0.121. The number of rotatable bonds is 7. The van der Waals surface area contributed by atoms with Crippen molar-refractivity contribution in [3.63, 3.8) is 0 Å². The second-order valence-corrected chi connectivity index (χ2v) is 12.3. The van der Waals surface area contributed by atoms with Crippen LogP contribution in [0, 0.1) is 17.2 Å². The molecule has 4 nitrogen and oxygen atoms in total. The average molecular weight is 495 g/mol. The van der Waals surface area contributed by atoms with Gasteiger partial charge in [-0.1, -0.05) is 24.3 Å². The number of fused-ring (bicyclic) bond motifs is 4. The average Bonchev–Trinajstić information content (AvgIpc) is 3.69. The zero-order valence-corrected chi connectivity index (χ0v) is 19.5. The van der Waals surface area contributed by atoms with Crippen LogP contribution in [0.2, 0.25) is 0 Å². The molecule has 3 unspecified atom stereocenters. The Morgan fingerprint density at radius 3 is 2.53 bits per heavy atom. The number of nitrogens with one attached hydrogen (secondary N) is 1. The third-order valence-electron chi connectivity index (χ3n) is 8.24. The molecule has 2 aromatic rings. The zero-order chi connectivity index (χ0) is 24.0. The molecule has 0 bridgehead atoms. The zero-order valence-electron chi connectivity index (χ0n) is 18.7. The minimum Gasteiger partial charge on any atom is -0.296 e. The first-order valence-corrected chi connectivity index (χ1v) is 13.3. The highest BCUT2D eigenvalue weighted by Crippen LogP contribution is 2.76. The molecule has 2 aromatic carbocycles. The molecule has 0 aromatic heterocycles. The number of nitrogens with zero attached hydrogens (tertiary/aromatic N) is 1. The lowest BCUT2D eigenvalue weighted by molar-refractivity contribution is -0.137. The summed E-state index contributed by atoms with van der Waals surface area (Å²) in [5.41, 5.74) is 1.99. The van der Waals surface area contributed by atoms with E-state index in [9.17, 15) is 26.0 Å². The minimum atomic E-state index is -4.41. The molecular weight excluding hydrogens is 468 g/mol. The SMILES string of the molecule is CN1C2C1C21Cc2cc(F)c(CNS(=O)(=O)CC3CC3)cc2C1Cc1cccc(C(F)(F)F)c1. The highest BCUT2D eigenvalue weighted by molar-refractivity contribution is 7.89. The Hall–Kier alpha value is -1.97. The Morgan fingerprint density at radius 2 is 1.88 bits per heavy atom. The van der Waals surface area contributed by atoms with E-state index in [1.807, 2.05) is 7.05 Å². The van der Waals surface area contributed by atoms with Crippen molar-refractivity contribution < 1.29 is 26.0 Å². The number of sulfonamides is 1. The molecular formula is C25H26F4N2O2S. The standard InChI is InChI=1S/C25H26F4N2O2S/c1-31-22-23(31)24(22)11-16-10-21(26)17(12-30-34(32,33)13-14-5-6-14)9-19(16)20(24)8-15-3-2-4-18(7-15)25(27,28)29/h2-4,7,9-10,14,20,22-23,30H,5-6,8,11-13H2,1H3. The largest absolute Gasteiger partial charge is 0.416 e. The van der Waals surface area contributed by atoms with E-state index in [1.54, 1.807) is 12.1 Å². The number of alkyl halides is 3. The van der Waals surface area contributed by atoms with E-state index in [-0.39, 0.29) is 35.1 Å². The quantitative estimate of drug-likeness (QED) is 0.463. The lowest BCUT2D eigenvalue weighted by Crippen LogP contribution is -2.31. The van der Waals surface area contributed by atoms with Crippen molar-refractivity contribution in [1.82, 2.24) is 9.62 Å². The highest BCUT2D eigenvalue weighted by Gasteiger charge is 2.84. The van der Waals surface area contributed by atoms with Crippen molar-refractivity contribution in [2.75, 3.05) is 12.8 Å². The van der Waals surface area contributed by atoms with Crippen LogP contribution >= 0.6 is 0 Å². The fourth-order valence-electron chi connectivity index (χ4n) is 6.34. The molecule has 182 valence electrons. The monoisotopic (exact) mass is 494 g/mol. The maximum absolute atomic E-state index is 14.9. The molecule has 34 heavy (non-hydrogen) atoms. The molecule has 6 rings (SSSR count). The van der Waals surface area contributed by atoms with Crippen LogP contribution in [-0.4, -0.2) is 38.2 Å². The first-order chi connectivity index (χ1) is 16.0. The van der Waals surface area contributed by atoms with Crippen LogP contribution in [0.5, 0.6) is 0 Å². The van der Waals surface area contributed by atoms with Crippen LogP contribution in [0.1, 0.15) is 46.6 Å². The molecule has 9 heteroatoms. The Balaban J connectivity index is 1.29. The Bertz CT molecular complexity index is 1260. The van der Waals surface area contributed by atoms with E-state index >= 15 is 0 Å². The van der Waals surface area contributed by atoms with Gasteiger partial charge in [-0.25, -0.2) is 17.5 Å². The van der Waals surface area contributed by atoms with Crippen LogP contribution in [0.15, 0.2) is 36.4 Å². The molecule has 1 aliphatic heterocycles. The Labute approximate surface area is 196 Å². The molecule has 3 fully saturated rings. The smallest absolute Gasteiger partial charge is 0.296 e. The molecule has 3 aliphatic carbocycles. The summed E-state index contributed by atoms with van der Waals surface area (Å²) in [7, 11) is -1.44. The molecule has 2 saturated carbocycles. The predicted molar refractivity (Wildman–Crippen MR) is 119 cm³/mol. The minimum absolute atomic E-state index is 0.0281. The normalized spacial score (nSPS) is 31.4. The van der Waals surface area contributed by atoms with E-state index in [0.717, 1.165) is 30.0 Å². The third kappa shape index (κ3) is 3.67. The lowest BCUT2D eigenvalue weighted by atomic mass is 9.80. The van der Waals surface area contributed by atoms with Gasteiger partial charge in [0, 0.05) is 29.6 Å². The lowest BCUT2D eigenvalue weighted by Gasteiger charge is -2.29. The van der Waals surface area contributed by atoms with Gasteiger partial charge in [0.25, 0.3) is 0 Å². The second kappa shape index (κ2) is 7.27. The maximum atomic E-state index is 14.9. The summed E-state index contributed by atoms with van der Waals surface area (Å²) in [6, 6.07) is 9.44. The molecule has 0 radical (unpaired) electrons. The van der Waals surface area contributed by atoms with Crippen molar-refractivity contribution in [2.24, 2.45) is 11.3 Å². The number of likely N-dealkylation sites (N-methyl/N-ethyl adjacent to an activating group) is 1. The number of hydrogen-bond acceptors (Lipinski definition) is 3. The van der Waals surface area contributed by atoms with E-state index in [1.165, 1.54) is 18.2 Å². The Morgan fingerprint density at radius 1 is 1.15 bits per heavy atom. The summed E-state index contributed by atoms with van der Waals surface area (Å²) in [5, 5.41) is 0. The van der Waals surface area contributed by atoms with Crippen molar-refractivity contribution in [1.29, 1.82) is 0 Å². The van der Waals surface area contributed by atoms with Crippen molar-refractivity contribution >= 4 is 10.0 Å². The van der Waals surface area contributed by atoms with Gasteiger partial charge in [0.05, 0.1) is 11.3 Å². The predicted octanol–water partition coefficient (Wildman–Crippen LogP) is 4.24. The number of halogens is 4. The van der Waals surface area contributed by atoms with Gasteiger partial charge in [-0.3, -0.25) is 4.90 Å². The highest BCUT2D eigenvalue weighted by atomic mass is 32.2. The summed E-state index contributed by atoms with van der Waals surface area (Å²) in [6.07, 6.45) is -1.45. The molecule has 3 atom stereocenters. The third-order valence-corrected chi connectivity index (χ3v) is 9.73. The van der Waals surface area contributed by atoms with Gasteiger partial charge in [-0.05, 0) is 73.4 Å². The van der Waals surface area contributed by atoms with Crippen molar-refractivity contribution in [3.8, 4) is 0 Å². The maximum Gasteiger partial charge on any atom is 0.416 e. The van der Waals surface area contributed by atoms with Crippen molar-refractivity contribution in [3.05, 3.63) is 70.0 Å². The summed E-state index contributed by atoms with van der Waals surface area (Å²) in [5.74, 6) is -0.209. The van der Waals surface area contributed by atoms with Crippen LogP contribution < -0.4 is 4.72 Å². The molecule has 1 saturated heterocycles. The van der Waals surface area contributed by atoms with Gasteiger partial charge in [0.1, 0.15) is 5.82 Å². The number of likely N-dealkylation sites (tertiary alicyclic amines) is 1. The topological polar surface area (TPSA) is 49.2 Å². The first-order valence-electron chi connectivity index (χ1n) is 11.7. The molecule has 1 N–H and O–H groups in total. The summed E-state index contributed by atoms with van der Waals surface area (Å²) < 4.78 is 81.8. The molecule has 0 amide bonds. The van der Waals surface area contributed by atoms with Gasteiger partial charge in [0.2, 0.25) is 10.0 Å². The first kappa shape index (κ1) is 22.5. The summed E-state index contributed by atoms with van der Waals surface area (Å²) in [4.78, 5) is 2.24. The fraction of sp³-hybridized carbons (Fsp3) is 0.520. The van der Waals surface area contributed by atoms with E-state index in [2.05, 4.69) is 9.62 Å². The van der Waals surface area contributed by atoms with Gasteiger partial charge >= 0.3 is 6.18 Å². The van der Waals surface area contributed by atoms with Crippen LogP contribution in [0.25, 0.3) is 0 Å². The number of hydrogen-bond donors (Lipinski definition) is 1. The van der Waals surface area contributed by atoms with Gasteiger partial charge in [-0.2, -0.15) is 13.2 Å². The van der Waals surface area contributed by atoms with E-state index in [0.29, 0.717) is 30.5 Å².